The van der Waals surface area contributed by atoms with Gasteiger partial charge in [-0.05, 0) is 18.6 Å². The molecule has 6 heteroatoms. The zero-order valence-corrected chi connectivity index (χ0v) is 8.77. The minimum atomic E-state index is -0.240. The summed E-state index contributed by atoms with van der Waals surface area (Å²) in [5.41, 5.74) is 2.53. The van der Waals surface area contributed by atoms with Gasteiger partial charge in [-0.1, -0.05) is 0 Å². The summed E-state index contributed by atoms with van der Waals surface area (Å²) in [7, 11) is 0. The van der Waals surface area contributed by atoms with Gasteiger partial charge in [0.2, 0.25) is 5.91 Å². The van der Waals surface area contributed by atoms with Gasteiger partial charge in [0.15, 0.2) is 0 Å². The average Bonchev–Trinajstić information content (AvgIpc) is 2.35. The van der Waals surface area contributed by atoms with E-state index in [1.165, 1.54) is 6.20 Å². The third-order valence-corrected chi connectivity index (χ3v) is 1.95. The van der Waals surface area contributed by atoms with E-state index in [9.17, 15) is 9.59 Å². The second-order valence-electron chi connectivity index (χ2n) is 3.17. The molecule has 6 nitrogen and oxygen atoms in total. The number of carbonyl (C=O) groups excluding carboxylic acids is 2. The molecule has 0 unspecified atom stereocenters. The van der Waals surface area contributed by atoms with E-state index in [4.69, 9.17) is 5.84 Å². The average molecular weight is 222 g/mol. The lowest BCUT2D eigenvalue weighted by Crippen LogP contribution is -2.31. The predicted octanol–water partition coefficient (Wildman–Crippen LogP) is -0.419. The van der Waals surface area contributed by atoms with Crippen molar-refractivity contribution in [3.8, 4) is 0 Å². The molecule has 0 bridgehead atoms. The number of aromatic nitrogens is 1. The smallest absolute Gasteiger partial charge is 0.252 e. The normalized spacial score (nSPS) is 9.56. The maximum absolute atomic E-state index is 11.5. The molecular formula is C10H14N4O2. The monoisotopic (exact) mass is 222 g/mol. The van der Waals surface area contributed by atoms with Crippen LogP contribution in [0.1, 0.15) is 23.2 Å². The summed E-state index contributed by atoms with van der Waals surface area (Å²) < 4.78 is 0. The van der Waals surface area contributed by atoms with Gasteiger partial charge in [-0.25, -0.2) is 5.84 Å². The quantitative estimate of drug-likeness (QED) is 0.273. The number of nitrogens with zero attached hydrogens (tertiary/aromatic N) is 1. The molecule has 0 aliphatic carbocycles. The van der Waals surface area contributed by atoms with Crippen LogP contribution >= 0.6 is 0 Å². The molecule has 0 aliphatic heterocycles. The highest BCUT2D eigenvalue weighted by molar-refractivity contribution is 5.93. The number of hydrogen-bond acceptors (Lipinski definition) is 4. The van der Waals surface area contributed by atoms with Crippen molar-refractivity contribution in [2.24, 2.45) is 5.84 Å². The molecule has 0 aliphatic rings. The molecule has 0 spiro atoms. The number of hydrogen-bond donors (Lipinski definition) is 3. The van der Waals surface area contributed by atoms with Crippen molar-refractivity contribution in [1.29, 1.82) is 0 Å². The van der Waals surface area contributed by atoms with E-state index in [2.05, 4.69) is 10.3 Å². The van der Waals surface area contributed by atoms with Crippen LogP contribution in [-0.2, 0) is 4.79 Å². The highest BCUT2D eigenvalue weighted by Crippen LogP contribution is 1.95. The van der Waals surface area contributed by atoms with Crippen LogP contribution in [0.15, 0.2) is 24.5 Å². The third kappa shape index (κ3) is 4.05. The molecule has 0 aromatic carbocycles. The predicted molar refractivity (Wildman–Crippen MR) is 58.1 cm³/mol. The largest absolute Gasteiger partial charge is 0.352 e. The molecule has 1 aromatic heterocycles. The zero-order valence-electron chi connectivity index (χ0n) is 8.77. The number of carbonyl (C=O) groups is 2. The van der Waals surface area contributed by atoms with E-state index < -0.39 is 0 Å². The fraction of sp³-hybridized carbons (Fsp3) is 0.300. The van der Waals surface area contributed by atoms with Gasteiger partial charge < -0.3 is 5.32 Å². The first kappa shape index (κ1) is 12.1. The highest BCUT2D eigenvalue weighted by atomic mass is 16.2. The van der Waals surface area contributed by atoms with Crippen LogP contribution in [0.4, 0.5) is 0 Å². The van der Waals surface area contributed by atoms with Crippen LogP contribution in [-0.4, -0.2) is 23.3 Å². The molecule has 4 N–H and O–H groups in total. The Balaban J connectivity index is 2.24. The summed E-state index contributed by atoms with van der Waals surface area (Å²) in [4.78, 5) is 26.1. The molecule has 0 saturated heterocycles. The fourth-order valence-electron chi connectivity index (χ4n) is 1.12. The Kier molecular flexibility index (Phi) is 4.94. The summed E-state index contributed by atoms with van der Waals surface area (Å²) in [6.07, 6.45) is 3.93. The molecule has 86 valence electrons. The maximum atomic E-state index is 11.5. The number of hydrazine groups is 1. The lowest BCUT2D eigenvalue weighted by atomic mass is 10.2. The first-order valence-electron chi connectivity index (χ1n) is 4.91. The Bertz CT molecular complexity index is 353. The van der Waals surface area contributed by atoms with E-state index in [-0.39, 0.29) is 11.8 Å². The van der Waals surface area contributed by atoms with E-state index in [0.29, 0.717) is 24.9 Å². The van der Waals surface area contributed by atoms with Gasteiger partial charge in [0.1, 0.15) is 0 Å². The molecule has 1 heterocycles. The van der Waals surface area contributed by atoms with Crippen molar-refractivity contribution in [3.63, 3.8) is 0 Å². The Labute approximate surface area is 93.2 Å². The van der Waals surface area contributed by atoms with Gasteiger partial charge in [0, 0.05) is 25.4 Å². The van der Waals surface area contributed by atoms with Crippen LogP contribution in [0.5, 0.6) is 0 Å². The van der Waals surface area contributed by atoms with Gasteiger partial charge in [-0.3, -0.25) is 20.0 Å². The van der Waals surface area contributed by atoms with Crippen molar-refractivity contribution in [1.82, 2.24) is 15.7 Å². The molecule has 1 aromatic rings. The number of amides is 2. The molecule has 16 heavy (non-hydrogen) atoms. The summed E-state index contributed by atoms with van der Waals surface area (Å²) in [5, 5.41) is 2.68. The van der Waals surface area contributed by atoms with Crippen LogP contribution < -0.4 is 16.6 Å². The van der Waals surface area contributed by atoms with E-state index in [1.807, 2.05) is 5.43 Å². The summed E-state index contributed by atoms with van der Waals surface area (Å²) in [6, 6.07) is 3.37. The van der Waals surface area contributed by atoms with Gasteiger partial charge in [0.05, 0.1) is 5.56 Å². The molecular weight excluding hydrogens is 208 g/mol. The van der Waals surface area contributed by atoms with Gasteiger partial charge in [-0.2, -0.15) is 0 Å². The van der Waals surface area contributed by atoms with E-state index in [0.717, 1.165) is 0 Å². The summed E-state index contributed by atoms with van der Waals surface area (Å²) in [5.74, 6) is 4.48. The lowest BCUT2D eigenvalue weighted by Gasteiger charge is -2.04. The molecule has 1 rings (SSSR count). The first-order valence-corrected chi connectivity index (χ1v) is 4.91. The highest BCUT2D eigenvalue weighted by Gasteiger charge is 2.04. The minimum absolute atomic E-state index is 0.193. The molecule has 0 radical (unpaired) electrons. The molecule has 2 amide bonds. The number of pyridine rings is 1. The van der Waals surface area contributed by atoms with Gasteiger partial charge >= 0.3 is 0 Å². The Morgan fingerprint density at radius 3 is 2.88 bits per heavy atom. The second-order valence-corrected chi connectivity index (χ2v) is 3.17. The van der Waals surface area contributed by atoms with Crippen molar-refractivity contribution in [2.75, 3.05) is 6.54 Å². The van der Waals surface area contributed by atoms with Crippen molar-refractivity contribution in [2.45, 2.75) is 12.8 Å². The van der Waals surface area contributed by atoms with Crippen molar-refractivity contribution in [3.05, 3.63) is 30.1 Å². The van der Waals surface area contributed by atoms with Crippen LogP contribution in [0.2, 0.25) is 0 Å². The summed E-state index contributed by atoms with van der Waals surface area (Å²) in [6.45, 7) is 0.432. The van der Waals surface area contributed by atoms with Crippen LogP contribution in [0, 0.1) is 0 Å². The Morgan fingerprint density at radius 2 is 2.25 bits per heavy atom. The number of rotatable bonds is 5. The maximum Gasteiger partial charge on any atom is 0.252 e. The summed E-state index contributed by atoms with van der Waals surface area (Å²) >= 11 is 0. The standard InChI is InChI=1S/C10H14N4O2/c11-14-9(15)4-2-6-13-10(16)8-3-1-5-12-7-8/h1,3,5,7H,2,4,6,11H2,(H,13,16)(H,14,15). The lowest BCUT2D eigenvalue weighted by molar-refractivity contribution is -0.121. The van der Waals surface area contributed by atoms with Crippen molar-refractivity contribution >= 4 is 11.8 Å². The van der Waals surface area contributed by atoms with Gasteiger partial charge in [-0.15, -0.1) is 0 Å². The first-order chi connectivity index (χ1) is 7.74. The van der Waals surface area contributed by atoms with E-state index >= 15 is 0 Å². The van der Waals surface area contributed by atoms with Crippen LogP contribution in [0.3, 0.4) is 0 Å². The van der Waals surface area contributed by atoms with Gasteiger partial charge in [0.25, 0.3) is 5.91 Å². The molecule has 0 fully saturated rings. The molecule has 0 atom stereocenters. The minimum Gasteiger partial charge on any atom is -0.352 e. The van der Waals surface area contributed by atoms with Crippen molar-refractivity contribution < 1.29 is 9.59 Å². The SMILES string of the molecule is NNC(=O)CCCNC(=O)c1cccnc1. The topological polar surface area (TPSA) is 97.1 Å². The number of nitrogens with one attached hydrogen (secondary N) is 2. The molecule has 0 saturated carbocycles. The third-order valence-electron chi connectivity index (χ3n) is 1.95. The zero-order chi connectivity index (χ0) is 11.8. The van der Waals surface area contributed by atoms with E-state index in [1.54, 1.807) is 18.3 Å². The second kappa shape index (κ2) is 6.52. The number of nitrogens with two attached hydrogens (primary N) is 1. The Hall–Kier alpha value is -1.95. The Morgan fingerprint density at radius 1 is 1.44 bits per heavy atom. The fourth-order valence-corrected chi connectivity index (χ4v) is 1.12. The van der Waals surface area contributed by atoms with Crippen LogP contribution in [0.25, 0.3) is 0 Å².